The molecule has 22 heavy (non-hydrogen) atoms. The van der Waals surface area contributed by atoms with E-state index < -0.39 is 11.4 Å². The first-order chi connectivity index (χ1) is 10.6. The summed E-state index contributed by atoms with van der Waals surface area (Å²) in [6.07, 6.45) is 3.31. The number of fused-ring (bicyclic) bond motifs is 1. The summed E-state index contributed by atoms with van der Waals surface area (Å²) in [7, 11) is 1.30. The molecule has 2 aliphatic rings. The van der Waals surface area contributed by atoms with Gasteiger partial charge in [0.25, 0.3) is 0 Å². The molecule has 2 aromatic rings. The maximum atomic E-state index is 12.3. The largest absolute Gasteiger partial charge is 0.468 e. The molecule has 0 atom stereocenters. The molecule has 114 valence electrons. The van der Waals surface area contributed by atoms with Gasteiger partial charge in [0.05, 0.1) is 7.11 Å². The van der Waals surface area contributed by atoms with Gasteiger partial charge < -0.3 is 14.5 Å². The summed E-state index contributed by atoms with van der Waals surface area (Å²) in [4.78, 5) is 28.5. The second-order valence-corrected chi connectivity index (χ2v) is 6.04. The van der Waals surface area contributed by atoms with Gasteiger partial charge in [-0.25, -0.2) is 4.98 Å². The highest BCUT2D eigenvalue weighted by molar-refractivity contribution is 6.11. The molecule has 1 heterocycles. The Balaban J connectivity index is 1.56. The third-order valence-electron chi connectivity index (χ3n) is 4.35. The third-order valence-corrected chi connectivity index (χ3v) is 4.35. The lowest BCUT2D eigenvalue weighted by molar-refractivity contribution is -0.150. The van der Waals surface area contributed by atoms with Crippen LogP contribution in [0.1, 0.15) is 37.5 Å². The maximum absolute atomic E-state index is 12.3. The fourth-order valence-electron chi connectivity index (χ4n) is 2.62. The number of esters is 1. The number of ether oxygens (including phenoxy) is 1. The molecule has 1 amide bonds. The van der Waals surface area contributed by atoms with Crippen LogP contribution >= 0.6 is 0 Å². The Morgan fingerprint density at radius 3 is 2.77 bits per heavy atom. The Morgan fingerprint density at radius 2 is 2.14 bits per heavy atom. The zero-order chi connectivity index (χ0) is 15.3. The summed E-state index contributed by atoms with van der Waals surface area (Å²) < 4.78 is 10.4. The van der Waals surface area contributed by atoms with Crippen molar-refractivity contribution < 1.29 is 18.7 Å². The molecule has 2 fully saturated rings. The molecular weight excluding hydrogens is 284 g/mol. The van der Waals surface area contributed by atoms with Crippen LogP contribution in [0.3, 0.4) is 0 Å². The van der Waals surface area contributed by atoms with Gasteiger partial charge in [-0.1, -0.05) is 0 Å². The molecule has 0 radical (unpaired) electrons. The van der Waals surface area contributed by atoms with Crippen LogP contribution in [-0.4, -0.2) is 24.0 Å². The summed E-state index contributed by atoms with van der Waals surface area (Å²) in [6, 6.07) is 5.34. The van der Waals surface area contributed by atoms with Crippen molar-refractivity contribution in [1.82, 2.24) is 4.98 Å². The van der Waals surface area contributed by atoms with Gasteiger partial charge in [0, 0.05) is 17.7 Å². The van der Waals surface area contributed by atoms with Crippen molar-refractivity contribution in [2.24, 2.45) is 5.41 Å². The Kier molecular flexibility index (Phi) is 2.76. The van der Waals surface area contributed by atoms with Crippen LogP contribution < -0.4 is 5.32 Å². The lowest BCUT2D eigenvalue weighted by Gasteiger charge is -2.12. The average molecular weight is 300 g/mol. The molecule has 4 rings (SSSR count). The number of amides is 1. The highest BCUT2D eigenvalue weighted by atomic mass is 16.5. The smallest absolute Gasteiger partial charge is 0.321 e. The van der Waals surface area contributed by atoms with Crippen LogP contribution in [0.15, 0.2) is 22.6 Å². The minimum absolute atomic E-state index is 0.319. The van der Waals surface area contributed by atoms with E-state index in [1.165, 1.54) is 7.11 Å². The minimum atomic E-state index is -1.01. The topological polar surface area (TPSA) is 81.4 Å². The summed E-state index contributed by atoms with van der Waals surface area (Å²) in [5.74, 6) is 0.425. The van der Waals surface area contributed by atoms with Crippen molar-refractivity contribution in [2.75, 3.05) is 12.4 Å². The quantitative estimate of drug-likeness (QED) is 0.693. The van der Waals surface area contributed by atoms with E-state index >= 15 is 0 Å². The number of aromatic nitrogens is 1. The molecule has 0 aliphatic heterocycles. The first-order valence-corrected chi connectivity index (χ1v) is 7.43. The molecule has 2 aliphatic carbocycles. The second-order valence-electron chi connectivity index (χ2n) is 6.04. The predicted molar refractivity (Wildman–Crippen MR) is 78.3 cm³/mol. The molecule has 6 nitrogen and oxygen atoms in total. The summed E-state index contributed by atoms with van der Waals surface area (Å²) in [6.45, 7) is 0. The van der Waals surface area contributed by atoms with E-state index in [1.807, 2.05) is 6.07 Å². The Bertz CT molecular complexity index is 772. The van der Waals surface area contributed by atoms with Crippen LogP contribution in [0.2, 0.25) is 0 Å². The van der Waals surface area contributed by atoms with Crippen molar-refractivity contribution >= 4 is 28.7 Å². The SMILES string of the molecule is COC(=O)C1(C(=O)Nc2ccc3nc(C4CC4)oc3c2)CC1. The van der Waals surface area contributed by atoms with Gasteiger partial charge in [0.15, 0.2) is 11.5 Å². The number of benzene rings is 1. The van der Waals surface area contributed by atoms with Crippen LogP contribution in [0.5, 0.6) is 0 Å². The zero-order valence-corrected chi connectivity index (χ0v) is 12.2. The Morgan fingerprint density at radius 1 is 1.36 bits per heavy atom. The number of carbonyl (C=O) groups is 2. The Hall–Kier alpha value is -2.37. The van der Waals surface area contributed by atoms with Crippen molar-refractivity contribution in [1.29, 1.82) is 0 Å². The highest BCUT2D eigenvalue weighted by Gasteiger charge is 2.57. The summed E-state index contributed by atoms with van der Waals surface area (Å²) >= 11 is 0. The number of nitrogens with one attached hydrogen (secondary N) is 1. The van der Waals surface area contributed by atoms with Crippen molar-refractivity contribution in [2.45, 2.75) is 31.6 Å². The highest BCUT2D eigenvalue weighted by Crippen LogP contribution is 2.47. The van der Waals surface area contributed by atoms with E-state index in [0.717, 1.165) is 24.2 Å². The molecule has 1 N–H and O–H groups in total. The summed E-state index contributed by atoms with van der Waals surface area (Å²) in [5.41, 5.74) is 1.03. The van der Waals surface area contributed by atoms with Gasteiger partial charge in [-0.3, -0.25) is 9.59 Å². The van der Waals surface area contributed by atoms with Gasteiger partial charge in [-0.05, 0) is 37.8 Å². The standard InChI is InChI=1S/C16H16N2O4/c1-21-15(20)16(6-7-16)14(19)17-10-4-5-11-12(8-10)22-13(18-11)9-2-3-9/h4-5,8-9H,2-3,6-7H2,1H3,(H,17,19). The molecule has 0 bridgehead atoms. The van der Waals surface area contributed by atoms with Crippen molar-refractivity contribution in [3.63, 3.8) is 0 Å². The van der Waals surface area contributed by atoms with Gasteiger partial charge >= 0.3 is 5.97 Å². The number of oxazole rings is 1. The number of nitrogens with zero attached hydrogens (tertiary/aromatic N) is 1. The number of rotatable bonds is 4. The monoisotopic (exact) mass is 300 g/mol. The van der Waals surface area contributed by atoms with Crippen molar-refractivity contribution in [3.05, 3.63) is 24.1 Å². The summed E-state index contributed by atoms with van der Waals surface area (Å²) in [5, 5.41) is 2.78. The molecule has 6 heteroatoms. The van der Waals surface area contributed by atoms with E-state index in [2.05, 4.69) is 10.3 Å². The van der Waals surface area contributed by atoms with E-state index in [-0.39, 0.29) is 5.91 Å². The van der Waals surface area contributed by atoms with Gasteiger partial charge in [-0.15, -0.1) is 0 Å². The second kappa shape index (κ2) is 4.56. The van der Waals surface area contributed by atoms with Gasteiger partial charge in [0.2, 0.25) is 5.91 Å². The number of anilines is 1. The number of methoxy groups -OCH3 is 1. The lowest BCUT2D eigenvalue weighted by atomic mass is 10.1. The van der Waals surface area contributed by atoms with E-state index in [1.54, 1.807) is 12.1 Å². The fraction of sp³-hybridized carbons (Fsp3) is 0.438. The minimum Gasteiger partial charge on any atom is -0.468 e. The normalized spacial score (nSPS) is 19.0. The molecule has 2 saturated carbocycles. The van der Waals surface area contributed by atoms with Crippen LogP contribution in [0, 0.1) is 5.41 Å². The van der Waals surface area contributed by atoms with E-state index in [0.29, 0.717) is 30.0 Å². The van der Waals surface area contributed by atoms with Crippen LogP contribution in [-0.2, 0) is 14.3 Å². The third kappa shape index (κ3) is 2.06. The zero-order valence-electron chi connectivity index (χ0n) is 12.2. The number of carbonyl (C=O) groups excluding carboxylic acids is 2. The molecule has 1 aromatic carbocycles. The fourth-order valence-corrected chi connectivity index (χ4v) is 2.62. The van der Waals surface area contributed by atoms with Gasteiger partial charge in [0.1, 0.15) is 10.9 Å². The van der Waals surface area contributed by atoms with E-state index in [9.17, 15) is 9.59 Å². The lowest BCUT2D eigenvalue weighted by Crippen LogP contribution is -2.32. The van der Waals surface area contributed by atoms with Crippen LogP contribution in [0.4, 0.5) is 5.69 Å². The predicted octanol–water partition coefficient (Wildman–Crippen LogP) is 2.60. The molecule has 0 saturated heterocycles. The molecule has 1 aromatic heterocycles. The van der Waals surface area contributed by atoms with E-state index in [4.69, 9.17) is 9.15 Å². The molecule has 0 unspecified atom stereocenters. The first kappa shape index (κ1) is 13.3. The average Bonchev–Trinajstić information content (AvgIpc) is 3.42. The van der Waals surface area contributed by atoms with Crippen LogP contribution in [0.25, 0.3) is 11.1 Å². The molecular formula is C16H16N2O4. The van der Waals surface area contributed by atoms with Crippen molar-refractivity contribution in [3.8, 4) is 0 Å². The first-order valence-electron chi connectivity index (χ1n) is 7.43. The molecule has 0 spiro atoms. The number of hydrogen-bond acceptors (Lipinski definition) is 5. The van der Waals surface area contributed by atoms with Gasteiger partial charge in [-0.2, -0.15) is 0 Å². The number of hydrogen-bond donors (Lipinski definition) is 1. The Labute approximate surface area is 126 Å². The maximum Gasteiger partial charge on any atom is 0.321 e.